The molecular formula is C17H13ClFNO3S. The second-order valence-electron chi connectivity index (χ2n) is 5.68. The Balaban J connectivity index is 2.10. The molecule has 0 atom stereocenters. The molecule has 0 bridgehead atoms. The predicted molar refractivity (Wildman–Crippen MR) is 92.0 cm³/mol. The monoisotopic (exact) mass is 365 g/mol. The van der Waals surface area contributed by atoms with E-state index in [1.54, 1.807) is 44.2 Å². The van der Waals surface area contributed by atoms with Crippen molar-refractivity contribution >= 4 is 40.3 Å². The number of aliphatic carboxylic acids is 1. The number of benzene rings is 2. The number of aromatic nitrogens is 1. The van der Waals surface area contributed by atoms with Crippen molar-refractivity contribution in [2.24, 2.45) is 0 Å². The molecule has 0 spiro atoms. The molecule has 3 aromatic rings. The SMILES string of the molecule is CC(C)(Sc1ccc2c(-c3ccccc3F)noc2c1Cl)C(=O)O. The molecule has 0 radical (unpaired) electrons. The van der Waals surface area contributed by atoms with Gasteiger partial charge in [-0.05, 0) is 38.1 Å². The van der Waals surface area contributed by atoms with Crippen molar-refractivity contribution in [3.63, 3.8) is 0 Å². The molecule has 3 rings (SSSR count). The smallest absolute Gasteiger partial charge is 0.319 e. The minimum Gasteiger partial charge on any atom is -0.480 e. The predicted octanol–water partition coefficient (Wildman–Crippen LogP) is 5.24. The molecule has 124 valence electrons. The molecular weight excluding hydrogens is 353 g/mol. The van der Waals surface area contributed by atoms with Gasteiger partial charge in [0.15, 0.2) is 5.58 Å². The normalized spacial score (nSPS) is 11.8. The number of nitrogens with zero attached hydrogens (tertiary/aromatic N) is 1. The summed E-state index contributed by atoms with van der Waals surface area (Å²) in [5.41, 5.74) is 0.985. The van der Waals surface area contributed by atoms with Crippen molar-refractivity contribution in [1.82, 2.24) is 5.16 Å². The maximum atomic E-state index is 14.0. The minimum absolute atomic E-state index is 0.266. The lowest BCUT2D eigenvalue weighted by Gasteiger charge is -2.18. The van der Waals surface area contributed by atoms with Gasteiger partial charge in [0.05, 0.1) is 5.39 Å². The van der Waals surface area contributed by atoms with E-state index in [2.05, 4.69) is 5.16 Å². The van der Waals surface area contributed by atoms with Gasteiger partial charge in [0.25, 0.3) is 0 Å². The molecule has 4 nitrogen and oxygen atoms in total. The van der Waals surface area contributed by atoms with Gasteiger partial charge < -0.3 is 9.63 Å². The van der Waals surface area contributed by atoms with Crippen LogP contribution in [0.25, 0.3) is 22.2 Å². The van der Waals surface area contributed by atoms with Crippen molar-refractivity contribution < 1.29 is 18.8 Å². The first-order valence-electron chi connectivity index (χ1n) is 7.06. The van der Waals surface area contributed by atoms with Crippen LogP contribution in [0.4, 0.5) is 4.39 Å². The molecule has 0 aliphatic carbocycles. The Hall–Kier alpha value is -2.05. The van der Waals surface area contributed by atoms with Gasteiger partial charge in [-0.15, -0.1) is 11.8 Å². The molecule has 24 heavy (non-hydrogen) atoms. The average molecular weight is 366 g/mol. The van der Waals surface area contributed by atoms with Gasteiger partial charge >= 0.3 is 5.97 Å². The maximum Gasteiger partial charge on any atom is 0.319 e. The zero-order chi connectivity index (χ0) is 17.5. The van der Waals surface area contributed by atoms with Crippen LogP contribution in [0.3, 0.4) is 0 Å². The van der Waals surface area contributed by atoms with Crippen LogP contribution in [0.1, 0.15) is 13.8 Å². The third-order valence-electron chi connectivity index (χ3n) is 3.55. The molecule has 0 saturated carbocycles. The van der Waals surface area contributed by atoms with Gasteiger partial charge in [-0.1, -0.05) is 28.9 Å². The van der Waals surface area contributed by atoms with E-state index in [0.29, 0.717) is 27.1 Å². The molecule has 0 unspecified atom stereocenters. The Labute approximate surface area is 146 Å². The second kappa shape index (κ2) is 6.11. The summed E-state index contributed by atoms with van der Waals surface area (Å²) in [6.07, 6.45) is 0. The largest absolute Gasteiger partial charge is 0.480 e. The van der Waals surface area contributed by atoms with Crippen molar-refractivity contribution in [3.8, 4) is 11.3 Å². The number of hydrogen-bond acceptors (Lipinski definition) is 4. The Kier molecular flexibility index (Phi) is 4.27. The van der Waals surface area contributed by atoms with Crippen LogP contribution in [0.5, 0.6) is 0 Å². The lowest BCUT2D eigenvalue weighted by molar-refractivity contribution is -0.138. The molecule has 0 saturated heterocycles. The number of halogens is 2. The first-order chi connectivity index (χ1) is 11.3. The molecule has 1 aromatic heterocycles. The van der Waals surface area contributed by atoms with E-state index in [1.165, 1.54) is 6.07 Å². The van der Waals surface area contributed by atoms with E-state index in [1.807, 2.05) is 0 Å². The number of rotatable bonds is 4. The number of carboxylic acid groups (broad SMARTS) is 1. The summed E-state index contributed by atoms with van der Waals surface area (Å²) >= 11 is 7.46. The number of hydrogen-bond donors (Lipinski definition) is 1. The second-order valence-corrected chi connectivity index (χ2v) is 7.73. The molecule has 2 aromatic carbocycles. The lowest BCUT2D eigenvalue weighted by Crippen LogP contribution is -2.26. The van der Waals surface area contributed by atoms with E-state index in [0.717, 1.165) is 11.8 Å². The molecule has 1 N–H and O–H groups in total. The summed E-state index contributed by atoms with van der Waals surface area (Å²) in [6, 6.07) is 9.66. The number of carbonyl (C=O) groups is 1. The Bertz CT molecular complexity index is 939. The molecule has 7 heteroatoms. The van der Waals surface area contributed by atoms with Gasteiger partial charge in [-0.25, -0.2) is 4.39 Å². The Morgan fingerprint density at radius 2 is 2.00 bits per heavy atom. The van der Waals surface area contributed by atoms with Gasteiger partial charge in [0.2, 0.25) is 0 Å². The number of carboxylic acids is 1. The molecule has 0 aliphatic heterocycles. The van der Waals surface area contributed by atoms with Crippen molar-refractivity contribution in [2.75, 3.05) is 0 Å². The van der Waals surface area contributed by atoms with E-state index in [-0.39, 0.29) is 5.02 Å². The zero-order valence-corrected chi connectivity index (χ0v) is 14.4. The fourth-order valence-corrected chi connectivity index (χ4v) is 3.47. The standard InChI is InChI=1S/C17H13ClFNO3S/c1-17(2,16(21)22)24-12-8-7-10-14(20-23-15(10)13(12)18)9-5-3-4-6-11(9)19/h3-8H,1-2H3,(H,21,22). The summed E-state index contributed by atoms with van der Waals surface area (Å²) in [6.45, 7) is 3.18. The fourth-order valence-electron chi connectivity index (χ4n) is 2.20. The van der Waals surface area contributed by atoms with Gasteiger partial charge in [-0.3, -0.25) is 4.79 Å². The van der Waals surface area contributed by atoms with Gasteiger partial charge in [0, 0.05) is 10.5 Å². The number of thioether (sulfide) groups is 1. The van der Waals surface area contributed by atoms with Crippen LogP contribution in [-0.4, -0.2) is 21.0 Å². The van der Waals surface area contributed by atoms with Crippen molar-refractivity contribution in [1.29, 1.82) is 0 Å². The third-order valence-corrected chi connectivity index (χ3v) is 5.29. The molecule has 0 aliphatic rings. The average Bonchev–Trinajstić information content (AvgIpc) is 2.95. The summed E-state index contributed by atoms with van der Waals surface area (Å²) < 4.78 is 18.2. The fraction of sp³-hybridized carbons (Fsp3) is 0.176. The quantitative estimate of drug-likeness (QED) is 0.640. The first-order valence-corrected chi connectivity index (χ1v) is 8.26. The van der Waals surface area contributed by atoms with E-state index < -0.39 is 16.5 Å². The maximum absolute atomic E-state index is 14.0. The van der Waals surface area contributed by atoms with Gasteiger partial charge in [0.1, 0.15) is 21.3 Å². The van der Waals surface area contributed by atoms with Crippen LogP contribution >= 0.6 is 23.4 Å². The Morgan fingerprint density at radius 1 is 1.29 bits per heavy atom. The molecule has 0 amide bonds. The topological polar surface area (TPSA) is 63.3 Å². The van der Waals surface area contributed by atoms with Crippen LogP contribution < -0.4 is 0 Å². The van der Waals surface area contributed by atoms with Crippen LogP contribution in [0.2, 0.25) is 5.02 Å². The minimum atomic E-state index is -1.05. The summed E-state index contributed by atoms with van der Waals surface area (Å²) in [4.78, 5) is 11.8. The Morgan fingerprint density at radius 3 is 2.67 bits per heavy atom. The van der Waals surface area contributed by atoms with E-state index >= 15 is 0 Å². The van der Waals surface area contributed by atoms with E-state index in [4.69, 9.17) is 16.1 Å². The molecule has 0 fully saturated rings. The third kappa shape index (κ3) is 2.87. The lowest BCUT2D eigenvalue weighted by atomic mass is 10.1. The van der Waals surface area contributed by atoms with Crippen LogP contribution in [0, 0.1) is 5.82 Å². The molecule has 1 heterocycles. The van der Waals surface area contributed by atoms with Gasteiger partial charge in [-0.2, -0.15) is 0 Å². The summed E-state index contributed by atoms with van der Waals surface area (Å²) in [5.74, 6) is -1.36. The zero-order valence-electron chi connectivity index (χ0n) is 12.8. The highest BCUT2D eigenvalue weighted by molar-refractivity contribution is 8.01. The first kappa shape index (κ1) is 16.8. The highest BCUT2D eigenvalue weighted by atomic mass is 35.5. The van der Waals surface area contributed by atoms with Crippen molar-refractivity contribution in [2.45, 2.75) is 23.5 Å². The van der Waals surface area contributed by atoms with Crippen LogP contribution in [0.15, 0.2) is 45.8 Å². The van der Waals surface area contributed by atoms with Crippen molar-refractivity contribution in [3.05, 3.63) is 47.2 Å². The summed E-state index contributed by atoms with van der Waals surface area (Å²) in [5, 5.41) is 14.0. The highest BCUT2D eigenvalue weighted by Gasteiger charge is 2.30. The number of fused-ring (bicyclic) bond motifs is 1. The summed E-state index contributed by atoms with van der Waals surface area (Å²) in [7, 11) is 0. The van der Waals surface area contributed by atoms with Crippen LogP contribution in [-0.2, 0) is 4.79 Å². The van der Waals surface area contributed by atoms with E-state index in [9.17, 15) is 14.3 Å². The highest BCUT2D eigenvalue weighted by Crippen LogP contribution is 2.42.